The normalized spacial score (nSPS) is 13.1. The summed E-state index contributed by atoms with van der Waals surface area (Å²) in [7, 11) is 0. The topological polar surface area (TPSA) is 61.4 Å². The molecule has 0 radical (unpaired) electrons. The first-order valence-corrected chi connectivity index (χ1v) is 7.12. The first-order valence-electron chi connectivity index (χ1n) is 7.12. The van der Waals surface area contributed by atoms with E-state index in [-0.39, 0.29) is 11.6 Å². The van der Waals surface area contributed by atoms with Gasteiger partial charge in [-0.2, -0.15) is 0 Å². The summed E-state index contributed by atoms with van der Waals surface area (Å²) in [5.74, 6) is -0.378. The van der Waals surface area contributed by atoms with Crippen LogP contribution in [0.3, 0.4) is 0 Å². The van der Waals surface area contributed by atoms with Crippen molar-refractivity contribution in [3.63, 3.8) is 0 Å². The van der Waals surface area contributed by atoms with E-state index < -0.39 is 23.4 Å². The predicted molar refractivity (Wildman–Crippen MR) is 82.8 cm³/mol. The smallest absolute Gasteiger partial charge is 0.319 e. The molecule has 21 heavy (non-hydrogen) atoms. The molecular weight excluding hydrogens is 271 g/mol. The van der Waals surface area contributed by atoms with E-state index in [1.165, 1.54) is 6.07 Å². The Balaban J connectivity index is 2.60. The molecular formula is C16H25FN2O2. The maximum Gasteiger partial charge on any atom is 0.319 e. The van der Waals surface area contributed by atoms with Crippen LogP contribution in [0.5, 0.6) is 0 Å². The summed E-state index contributed by atoms with van der Waals surface area (Å²) in [5, 5.41) is 15.3. The van der Waals surface area contributed by atoms with Crippen molar-refractivity contribution >= 4 is 11.7 Å². The highest BCUT2D eigenvalue weighted by Gasteiger charge is 2.30. The number of halogens is 1. The van der Waals surface area contributed by atoms with Gasteiger partial charge < -0.3 is 15.7 Å². The van der Waals surface area contributed by atoms with Crippen molar-refractivity contribution in [2.75, 3.05) is 11.9 Å². The third kappa shape index (κ3) is 5.01. The van der Waals surface area contributed by atoms with Crippen LogP contribution in [0.2, 0.25) is 0 Å². The second kappa shape index (κ2) is 6.89. The average molecular weight is 296 g/mol. The van der Waals surface area contributed by atoms with E-state index in [0.29, 0.717) is 6.54 Å². The monoisotopic (exact) mass is 296 g/mol. The molecule has 5 heteroatoms. The van der Waals surface area contributed by atoms with Crippen LogP contribution in [0.1, 0.15) is 33.3 Å². The highest BCUT2D eigenvalue weighted by Crippen LogP contribution is 2.25. The summed E-state index contributed by atoms with van der Waals surface area (Å²) in [6.45, 7) is 9.73. The summed E-state index contributed by atoms with van der Waals surface area (Å²) in [5.41, 5.74) is 0.549. The van der Waals surface area contributed by atoms with Gasteiger partial charge in [-0.3, -0.25) is 0 Å². The maximum atomic E-state index is 13.6. The molecule has 0 aliphatic heterocycles. The number of aliphatic hydroxyl groups is 1. The molecule has 1 aromatic rings. The quantitative estimate of drug-likeness (QED) is 0.780. The SMILES string of the molecule is Cc1ccc(F)c(NC(=O)NCC(C)(C)C(O)C(C)C)c1. The molecule has 0 heterocycles. The lowest BCUT2D eigenvalue weighted by molar-refractivity contribution is 0.0154. The third-order valence-electron chi connectivity index (χ3n) is 3.51. The molecule has 3 N–H and O–H groups in total. The summed E-state index contributed by atoms with van der Waals surface area (Å²) in [4.78, 5) is 11.8. The van der Waals surface area contributed by atoms with Gasteiger partial charge in [0.15, 0.2) is 0 Å². The van der Waals surface area contributed by atoms with Gasteiger partial charge in [-0.05, 0) is 30.5 Å². The molecule has 2 amide bonds. The van der Waals surface area contributed by atoms with Crippen LogP contribution >= 0.6 is 0 Å². The second-order valence-electron chi connectivity index (χ2n) is 6.47. The van der Waals surface area contributed by atoms with Crippen molar-refractivity contribution in [2.24, 2.45) is 11.3 Å². The molecule has 1 rings (SSSR count). The number of anilines is 1. The minimum atomic E-state index is -0.534. The lowest BCUT2D eigenvalue weighted by Gasteiger charge is -2.33. The number of amides is 2. The van der Waals surface area contributed by atoms with Crippen molar-refractivity contribution in [1.82, 2.24) is 5.32 Å². The van der Waals surface area contributed by atoms with Crippen molar-refractivity contribution in [3.05, 3.63) is 29.6 Å². The van der Waals surface area contributed by atoms with Gasteiger partial charge >= 0.3 is 6.03 Å². The van der Waals surface area contributed by atoms with Gasteiger partial charge in [-0.25, -0.2) is 9.18 Å². The van der Waals surface area contributed by atoms with Crippen molar-refractivity contribution in [1.29, 1.82) is 0 Å². The Hall–Kier alpha value is -1.62. The van der Waals surface area contributed by atoms with Gasteiger partial charge in [0.05, 0.1) is 11.8 Å². The molecule has 0 spiro atoms. The van der Waals surface area contributed by atoms with Crippen LogP contribution in [0.15, 0.2) is 18.2 Å². The molecule has 0 aliphatic carbocycles. The summed E-state index contributed by atoms with van der Waals surface area (Å²) < 4.78 is 13.6. The van der Waals surface area contributed by atoms with Crippen LogP contribution in [0.4, 0.5) is 14.9 Å². The number of hydrogen-bond acceptors (Lipinski definition) is 2. The number of benzene rings is 1. The Morgan fingerprint density at radius 2 is 2.00 bits per heavy atom. The minimum absolute atomic E-state index is 0.0964. The lowest BCUT2D eigenvalue weighted by atomic mass is 9.81. The molecule has 0 bridgehead atoms. The molecule has 4 nitrogen and oxygen atoms in total. The van der Waals surface area contributed by atoms with E-state index in [1.54, 1.807) is 12.1 Å². The van der Waals surface area contributed by atoms with E-state index in [4.69, 9.17) is 0 Å². The van der Waals surface area contributed by atoms with Crippen LogP contribution in [-0.4, -0.2) is 23.8 Å². The van der Waals surface area contributed by atoms with Gasteiger partial charge in [0.25, 0.3) is 0 Å². The molecule has 0 aliphatic rings. The molecule has 1 unspecified atom stereocenters. The molecule has 1 aromatic carbocycles. The van der Waals surface area contributed by atoms with Gasteiger partial charge in [0, 0.05) is 12.0 Å². The molecule has 0 saturated carbocycles. The zero-order valence-electron chi connectivity index (χ0n) is 13.3. The number of aryl methyl sites for hydroxylation is 1. The summed E-state index contributed by atoms with van der Waals surface area (Å²) >= 11 is 0. The number of rotatable bonds is 5. The Bertz CT molecular complexity index is 501. The predicted octanol–water partition coefficient (Wildman–Crippen LogP) is 3.30. The van der Waals surface area contributed by atoms with E-state index >= 15 is 0 Å². The van der Waals surface area contributed by atoms with Crippen LogP contribution in [0.25, 0.3) is 0 Å². The van der Waals surface area contributed by atoms with Crippen LogP contribution < -0.4 is 10.6 Å². The van der Waals surface area contributed by atoms with Crippen LogP contribution in [-0.2, 0) is 0 Å². The van der Waals surface area contributed by atoms with E-state index in [2.05, 4.69) is 10.6 Å². The summed E-state index contributed by atoms with van der Waals surface area (Å²) in [6, 6.07) is 4.05. The van der Waals surface area contributed by atoms with Gasteiger partial charge in [0.1, 0.15) is 5.82 Å². The number of carbonyl (C=O) groups excluding carboxylic acids is 1. The highest BCUT2D eigenvalue weighted by atomic mass is 19.1. The van der Waals surface area contributed by atoms with Crippen molar-refractivity contribution in [2.45, 2.75) is 40.7 Å². The van der Waals surface area contributed by atoms with Gasteiger partial charge in [-0.15, -0.1) is 0 Å². The second-order valence-corrected chi connectivity index (χ2v) is 6.47. The Kier molecular flexibility index (Phi) is 5.72. The average Bonchev–Trinajstić information content (AvgIpc) is 2.39. The Morgan fingerprint density at radius 1 is 1.38 bits per heavy atom. The van der Waals surface area contributed by atoms with Crippen molar-refractivity contribution in [3.8, 4) is 0 Å². The third-order valence-corrected chi connectivity index (χ3v) is 3.51. The molecule has 1 atom stereocenters. The zero-order valence-corrected chi connectivity index (χ0v) is 13.3. The number of urea groups is 1. The summed E-state index contributed by atoms with van der Waals surface area (Å²) in [6.07, 6.45) is -0.534. The van der Waals surface area contributed by atoms with Crippen molar-refractivity contribution < 1.29 is 14.3 Å². The molecule has 0 aromatic heterocycles. The highest BCUT2D eigenvalue weighted by molar-refractivity contribution is 5.89. The Labute approximate surface area is 125 Å². The zero-order chi connectivity index (χ0) is 16.2. The first-order chi connectivity index (χ1) is 9.63. The number of nitrogens with one attached hydrogen (secondary N) is 2. The number of aliphatic hydroxyl groups excluding tert-OH is 1. The van der Waals surface area contributed by atoms with E-state index in [9.17, 15) is 14.3 Å². The number of hydrogen-bond donors (Lipinski definition) is 3. The van der Waals surface area contributed by atoms with E-state index in [0.717, 1.165) is 5.56 Å². The first kappa shape index (κ1) is 17.4. The fourth-order valence-corrected chi connectivity index (χ4v) is 2.22. The largest absolute Gasteiger partial charge is 0.392 e. The van der Waals surface area contributed by atoms with Gasteiger partial charge in [-0.1, -0.05) is 33.8 Å². The van der Waals surface area contributed by atoms with E-state index in [1.807, 2.05) is 34.6 Å². The molecule has 0 fully saturated rings. The van der Waals surface area contributed by atoms with Gasteiger partial charge in [0.2, 0.25) is 0 Å². The molecule has 118 valence electrons. The minimum Gasteiger partial charge on any atom is -0.392 e. The Morgan fingerprint density at radius 3 is 2.57 bits per heavy atom. The fraction of sp³-hybridized carbons (Fsp3) is 0.562. The maximum absolute atomic E-state index is 13.6. The van der Waals surface area contributed by atoms with Crippen LogP contribution in [0, 0.1) is 24.1 Å². The fourth-order valence-electron chi connectivity index (χ4n) is 2.22. The standard InChI is InChI=1S/C16H25FN2O2/c1-10(2)14(20)16(4,5)9-18-15(21)19-13-8-11(3)6-7-12(13)17/h6-8,10,14,20H,9H2,1-5H3,(H2,18,19,21). The number of carbonyl (C=O) groups is 1. The lowest BCUT2D eigenvalue weighted by Crippen LogP contribution is -2.44. The molecule has 0 saturated heterocycles.